The number of ether oxygens (including phenoxy) is 2. The summed E-state index contributed by atoms with van der Waals surface area (Å²) in [5.74, 6) is 2.52. The van der Waals surface area contributed by atoms with Crippen LogP contribution in [0.2, 0.25) is 0 Å². The van der Waals surface area contributed by atoms with Gasteiger partial charge in [0.1, 0.15) is 0 Å². The van der Waals surface area contributed by atoms with E-state index in [1.54, 1.807) is 7.11 Å². The molecule has 0 radical (unpaired) electrons. The molecule has 19 heavy (non-hydrogen) atoms. The highest BCUT2D eigenvalue weighted by molar-refractivity contribution is 5.43. The summed E-state index contributed by atoms with van der Waals surface area (Å²) in [4.78, 5) is 0. The van der Waals surface area contributed by atoms with Crippen LogP contribution in [0.3, 0.4) is 0 Å². The summed E-state index contributed by atoms with van der Waals surface area (Å²) >= 11 is 0. The molecule has 1 aromatic rings. The quantitative estimate of drug-likeness (QED) is 0.853. The highest BCUT2D eigenvalue weighted by Crippen LogP contribution is 2.30. The van der Waals surface area contributed by atoms with Crippen LogP contribution < -0.4 is 14.8 Å². The lowest BCUT2D eigenvalue weighted by molar-refractivity contribution is 0.229. The molecule has 0 aromatic heterocycles. The summed E-state index contributed by atoms with van der Waals surface area (Å²) in [6, 6.07) is 6.86. The van der Waals surface area contributed by atoms with E-state index in [9.17, 15) is 0 Å². The van der Waals surface area contributed by atoms with Crippen LogP contribution >= 0.6 is 0 Å². The lowest BCUT2D eigenvalue weighted by Gasteiger charge is -2.33. The molecule has 1 fully saturated rings. The molecule has 106 valence electrons. The Morgan fingerprint density at radius 3 is 2.58 bits per heavy atom. The fraction of sp³-hybridized carbons (Fsp3) is 0.625. The van der Waals surface area contributed by atoms with Crippen LogP contribution in [0, 0.1) is 5.92 Å². The molecule has 3 nitrogen and oxygen atoms in total. The van der Waals surface area contributed by atoms with E-state index < -0.39 is 0 Å². The Bertz CT molecular complexity index is 411. The summed E-state index contributed by atoms with van der Waals surface area (Å²) < 4.78 is 11.1. The van der Waals surface area contributed by atoms with Gasteiger partial charge in [0.15, 0.2) is 11.5 Å². The molecule has 1 aliphatic carbocycles. The third kappa shape index (κ3) is 3.87. The van der Waals surface area contributed by atoms with E-state index in [1.165, 1.54) is 18.4 Å². The highest BCUT2D eigenvalue weighted by atomic mass is 16.5. The van der Waals surface area contributed by atoms with E-state index in [0.29, 0.717) is 6.04 Å². The first-order valence-corrected chi connectivity index (χ1v) is 7.15. The van der Waals surface area contributed by atoms with Gasteiger partial charge in [0.25, 0.3) is 0 Å². The molecular formula is C16H25NO2. The topological polar surface area (TPSA) is 30.5 Å². The standard InChI is InChI=1S/C16H25NO2/c1-11(2)19-15-6-5-13(9-16(15)18-4)10-17-14-7-12(3)8-14/h5-6,9,11-12,14,17H,7-8,10H2,1-4H3. The molecule has 1 aromatic carbocycles. The lowest BCUT2D eigenvalue weighted by Crippen LogP contribution is -2.39. The Kier molecular flexibility index (Phi) is 4.70. The Hall–Kier alpha value is -1.22. The molecule has 0 bridgehead atoms. The fourth-order valence-electron chi connectivity index (χ4n) is 2.50. The zero-order chi connectivity index (χ0) is 13.8. The first-order valence-electron chi connectivity index (χ1n) is 7.15. The van der Waals surface area contributed by atoms with Gasteiger partial charge in [0, 0.05) is 12.6 Å². The number of nitrogens with one attached hydrogen (secondary N) is 1. The molecule has 0 saturated heterocycles. The summed E-state index contributed by atoms with van der Waals surface area (Å²) in [6.07, 6.45) is 2.76. The smallest absolute Gasteiger partial charge is 0.161 e. The number of benzene rings is 1. The van der Waals surface area contributed by atoms with Crippen molar-refractivity contribution >= 4 is 0 Å². The van der Waals surface area contributed by atoms with Crippen LogP contribution in [-0.2, 0) is 6.54 Å². The number of hydrogen-bond donors (Lipinski definition) is 1. The summed E-state index contributed by atoms with van der Waals surface area (Å²) in [5, 5.41) is 3.58. The zero-order valence-corrected chi connectivity index (χ0v) is 12.4. The van der Waals surface area contributed by atoms with E-state index >= 15 is 0 Å². The van der Waals surface area contributed by atoms with Crippen molar-refractivity contribution in [1.82, 2.24) is 5.32 Å². The van der Waals surface area contributed by atoms with Crippen molar-refractivity contribution in [1.29, 1.82) is 0 Å². The Morgan fingerprint density at radius 2 is 2.00 bits per heavy atom. The van der Waals surface area contributed by atoms with E-state index in [1.807, 2.05) is 19.9 Å². The monoisotopic (exact) mass is 263 g/mol. The minimum Gasteiger partial charge on any atom is -0.493 e. The van der Waals surface area contributed by atoms with Crippen molar-refractivity contribution in [3.05, 3.63) is 23.8 Å². The van der Waals surface area contributed by atoms with Gasteiger partial charge in [-0.1, -0.05) is 13.0 Å². The van der Waals surface area contributed by atoms with Crippen LogP contribution in [0.1, 0.15) is 39.2 Å². The zero-order valence-electron chi connectivity index (χ0n) is 12.4. The van der Waals surface area contributed by atoms with Crippen LogP contribution in [0.25, 0.3) is 0 Å². The highest BCUT2D eigenvalue weighted by Gasteiger charge is 2.24. The summed E-state index contributed by atoms with van der Waals surface area (Å²) in [7, 11) is 1.69. The Balaban J connectivity index is 1.94. The second-order valence-corrected chi connectivity index (χ2v) is 5.81. The summed E-state index contributed by atoms with van der Waals surface area (Å²) in [6.45, 7) is 7.24. The van der Waals surface area contributed by atoms with Crippen molar-refractivity contribution in [3.8, 4) is 11.5 Å². The van der Waals surface area contributed by atoms with Crippen LogP contribution in [0.4, 0.5) is 0 Å². The average molecular weight is 263 g/mol. The van der Waals surface area contributed by atoms with Gasteiger partial charge >= 0.3 is 0 Å². The fourth-order valence-corrected chi connectivity index (χ4v) is 2.50. The molecule has 0 unspecified atom stereocenters. The second kappa shape index (κ2) is 6.29. The SMILES string of the molecule is COc1cc(CNC2CC(C)C2)ccc1OC(C)C. The van der Waals surface area contributed by atoms with E-state index in [-0.39, 0.29) is 6.10 Å². The van der Waals surface area contributed by atoms with Crippen molar-refractivity contribution in [2.75, 3.05) is 7.11 Å². The van der Waals surface area contributed by atoms with Gasteiger partial charge in [-0.2, -0.15) is 0 Å². The van der Waals surface area contributed by atoms with Crippen molar-refractivity contribution in [2.24, 2.45) is 5.92 Å². The molecule has 1 aliphatic rings. The molecule has 0 heterocycles. The third-order valence-corrected chi connectivity index (χ3v) is 3.56. The predicted octanol–water partition coefficient (Wildman–Crippen LogP) is 3.37. The first kappa shape index (κ1) is 14.2. The third-order valence-electron chi connectivity index (χ3n) is 3.56. The van der Waals surface area contributed by atoms with E-state index in [4.69, 9.17) is 9.47 Å². The van der Waals surface area contributed by atoms with E-state index in [0.717, 1.165) is 24.0 Å². The van der Waals surface area contributed by atoms with Gasteiger partial charge in [-0.05, 0) is 50.3 Å². The minimum absolute atomic E-state index is 0.161. The van der Waals surface area contributed by atoms with Crippen molar-refractivity contribution in [3.63, 3.8) is 0 Å². The van der Waals surface area contributed by atoms with Crippen LogP contribution in [-0.4, -0.2) is 19.3 Å². The molecule has 0 amide bonds. The molecule has 1 N–H and O–H groups in total. The Labute approximate surface area is 116 Å². The van der Waals surface area contributed by atoms with Crippen molar-refractivity contribution in [2.45, 2.75) is 52.3 Å². The number of rotatable bonds is 6. The molecule has 2 rings (SSSR count). The van der Waals surface area contributed by atoms with Gasteiger partial charge in [0.2, 0.25) is 0 Å². The maximum absolute atomic E-state index is 5.72. The van der Waals surface area contributed by atoms with Gasteiger partial charge in [0.05, 0.1) is 13.2 Å². The maximum atomic E-state index is 5.72. The lowest BCUT2D eigenvalue weighted by atomic mass is 9.82. The molecule has 0 spiro atoms. The van der Waals surface area contributed by atoms with E-state index in [2.05, 4.69) is 24.4 Å². The normalized spacial score (nSPS) is 22.2. The predicted molar refractivity (Wildman–Crippen MR) is 77.8 cm³/mol. The second-order valence-electron chi connectivity index (χ2n) is 5.81. The van der Waals surface area contributed by atoms with Gasteiger partial charge in [-0.3, -0.25) is 0 Å². The molecule has 0 atom stereocenters. The first-order chi connectivity index (χ1) is 9.08. The van der Waals surface area contributed by atoms with Gasteiger partial charge < -0.3 is 14.8 Å². The van der Waals surface area contributed by atoms with Gasteiger partial charge in [-0.25, -0.2) is 0 Å². The summed E-state index contributed by atoms with van der Waals surface area (Å²) in [5.41, 5.74) is 1.24. The molecule has 1 saturated carbocycles. The number of methoxy groups -OCH3 is 1. The Morgan fingerprint density at radius 1 is 1.26 bits per heavy atom. The minimum atomic E-state index is 0.161. The number of hydrogen-bond acceptors (Lipinski definition) is 3. The van der Waals surface area contributed by atoms with Crippen molar-refractivity contribution < 1.29 is 9.47 Å². The molecular weight excluding hydrogens is 238 g/mol. The average Bonchev–Trinajstić information content (AvgIpc) is 2.34. The largest absolute Gasteiger partial charge is 0.493 e. The maximum Gasteiger partial charge on any atom is 0.161 e. The molecule has 0 aliphatic heterocycles. The molecule has 3 heteroatoms. The van der Waals surface area contributed by atoms with Gasteiger partial charge in [-0.15, -0.1) is 0 Å². The van der Waals surface area contributed by atoms with Crippen LogP contribution in [0.5, 0.6) is 11.5 Å². The van der Waals surface area contributed by atoms with Crippen LogP contribution in [0.15, 0.2) is 18.2 Å².